The fourth-order valence-electron chi connectivity index (χ4n) is 6.49. The average Bonchev–Trinajstić information content (AvgIpc) is 3.38. The van der Waals surface area contributed by atoms with Crippen molar-refractivity contribution in [2.24, 2.45) is 0 Å². The fraction of sp³-hybridized carbons (Fsp3) is 0.578. The van der Waals surface area contributed by atoms with Crippen molar-refractivity contribution >= 4 is 16.7 Å². The van der Waals surface area contributed by atoms with Gasteiger partial charge in [-0.2, -0.15) is 141 Å². The molecular formula is C45H36CoF32O6-2. The number of hydrogen-bond donors (Lipinski definition) is 0. The second kappa shape index (κ2) is 26.8. The average molecular weight is 1340 g/mol. The van der Waals surface area contributed by atoms with Crippen molar-refractivity contribution in [3.63, 3.8) is 0 Å². The van der Waals surface area contributed by atoms with Crippen LogP contribution in [0, 0.1) is 13.8 Å². The summed E-state index contributed by atoms with van der Waals surface area (Å²) in [5.41, 5.74) is 0.314. The molecule has 0 aliphatic heterocycles. The standard InChI is InChI=1S/C34H27F32O5.C11H9.Co.O/c1-3-69-18(67)14-12-15(70-10-6-4-8-21(39,40)25(47,48)29(55,56)33(63,64)31(59,60)27(51,52)23(43,44)19(35)36)17(68-2)16(13-14)71-11-7-5-9-22(41,42)26(49,50)30(57,58)34(65,66)32(61,62)28(53,54)24(45,46)20(37)38;1-9-5-4-7-10-6-2-3-8-11(9)10;;/h12-13,19-20H,1,3-11H2,2H3;2-8H,1H2;;/q2*-1;;. The number of methoxy groups -OCH3 is 1. The van der Waals surface area contributed by atoms with Gasteiger partial charge in [0.1, 0.15) is 0 Å². The molecule has 0 heterocycles. The van der Waals surface area contributed by atoms with Gasteiger partial charge in [-0.15, -0.1) is 17.5 Å². The summed E-state index contributed by atoms with van der Waals surface area (Å²) in [6, 6.07) is 15.5. The molecule has 487 valence electrons. The monoisotopic (exact) mass is 1340 g/mol. The van der Waals surface area contributed by atoms with Gasteiger partial charge in [0, 0.05) is 12.8 Å². The third kappa shape index (κ3) is 13.8. The van der Waals surface area contributed by atoms with Crippen molar-refractivity contribution < 1.29 is 184 Å². The first-order valence-electron chi connectivity index (χ1n) is 22.0. The van der Waals surface area contributed by atoms with Crippen LogP contribution < -0.4 is 14.2 Å². The molecule has 0 unspecified atom stereocenters. The van der Waals surface area contributed by atoms with Crippen LogP contribution in [0.3, 0.4) is 0 Å². The second-order valence-electron chi connectivity index (χ2n) is 16.9. The number of esters is 1. The van der Waals surface area contributed by atoms with E-state index in [0.717, 1.165) is 5.56 Å². The van der Waals surface area contributed by atoms with Gasteiger partial charge in [0.15, 0.2) is 11.5 Å². The number of ether oxygens (including phenoxy) is 4. The molecule has 0 radical (unpaired) electrons. The summed E-state index contributed by atoms with van der Waals surface area (Å²) in [5, 5.41) is 2.51. The maximum atomic E-state index is 14.3. The summed E-state index contributed by atoms with van der Waals surface area (Å²) in [4.78, 5) is 12.3. The van der Waals surface area contributed by atoms with E-state index in [-0.39, 0.29) is 0 Å². The summed E-state index contributed by atoms with van der Waals surface area (Å²) in [6.07, 6.45) is -23.6. The van der Waals surface area contributed by atoms with Gasteiger partial charge in [-0.25, -0.2) is 22.4 Å². The second-order valence-corrected chi connectivity index (χ2v) is 16.9. The molecule has 0 spiro atoms. The zero-order valence-corrected chi connectivity index (χ0v) is 42.0. The zero-order chi connectivity index (χ0) is 66.3. The molecule has 84 heavy (non-hydrogen) atoms. The third-order valence-corrected chi connectivity index (χ3v) is 11.3. The van der Waals surface area contributed by atoms with Crippen molar-refractivity contribution in [2.75, 3.05) is 26.9 Å². The van der Waals surface area contributed by atoms with Crippen LogP contribution in [-0.2, 0) is 24.3 Å². The van der Waals surface area contributed by atoms with Crippen LogP contribution in [-0.4, -0.2) is 129 Å². The Morgan fingerprint density at radius 2 is 0.798 bits per heavy atom. The van der Waals surface area contributed by atoms with Crippen molar-refractivity contribution in [3.8, 4) is 17.2 Å². The topological polar surface area (TPSA) is 71.1 Å². The van der Waals surface area contributed by atoms with E-state index in [0.29, 0.717) is 19.2 Å². The molecular weight excluding hydrogens is 1300 g/mol. The van der Waals surface area contributed by atoms with Gasteiger partial charge in [0.05, 0.1) is 25.9 Å². The van der Waals surface area contributed by atoms with Crippen LogP contribution >= 0.6 is 0 Å². The van der Waals surface area contributed by atoms with E-state index in [4.69, 9.17) is 18.1 Å². The number of carbonyl (C=O) groups is 1. The molecule has 6 nitrogen and oxygen atoms in total. The Morgan fingerprint density at radius 3 is 1.12 bits per heavy atom. The van der Waals surface area contributed by atoms with E-state index in [1.807, 2.05) is 24.3 Å². The molecule has 3 aromatic rings. The van der Waals surface area contributed by atoms with Gasteiger partial charge in [-0.3, -0.25) is 0 Å². The number of hydrogen-bond acceptors (Lipinski definition) is 6. The summed E-state index contributed by atoms with van der Waals surface area (Å²) < 4.78 is 463. The molecule has 0 saturated carbocycles. The number of alkyl halides is 32. The normalized spacial score (nSPS) is 14.2. The minimum absolute atomic E-state index is 0.551. The van der Waals surface area contributed by atoms with E-state index in [2.05, 4.69) is 52.5 Å². The van der Waals surface area contributed by atoms with Crippen molar-refractivity contribution in [2.45, 2.75) is 134 Å². The van der Waals surface area contributed by atoms with Crippen LogP contribution in [0.1, 0.15) is 54.4 Å². The number of rotatable bonds is 29. The van der Waals surface area contributed by atoms with Crippen molar-refractivity contribution in [3.05, 3.63) is 79.6 Å². The zero-order valence-electron chi connectivity index (χ0n) is 41.0. The fourth-order valence-corrected chi connectivity index (χ4v) is 6.49. The Kier molecular flexibility index (Phi) is 24.5. The number of fused-ring (bicyclic) bond motifs is 1. The number of benzene rings is 3. The van der Waals surface area contributed by atoms with Gasteiger partial charge >= 0.3 is 121 Å². The molecule has 3 aromatic carbocycles. The van der Waals surface area contributed by atoms with Gasteiger partial charge in [0.25, 0.3) is 0 Å². The number of halogens is 32. The van der Waals surface area contributed by atoms with Crippen LogP contribution in [0.2, 0.25) is 0 Å². The minimum atomic E-state index is -8.66. The first-order chi connectivity index (χ1) is 37.7. The van der Waals surface area contributed by atoms with Gasteiger partial charge in [0.2, 0.25) is 5.75 Å². The molecule has 0 aromatic heterocycles. The first-order valence-corrected chi connectivity index (χ1v) is 22.4. The first kappa shape index (κ1) is 76.7. The molecule has 39 heteroatoms. The van der Waals surface area contributed by atoms with E-state index in [9.17, 15) is 145 Å². The molecule has 0 atom stereocenters. The van der Waals surface area contributed by atoms with Gasteiger partial charge in [-0.05, 0) is 44.4 Å². The quantitative estimate of drug-likeness (QED) is 0.0299. The summed E-state index contributed by atoms with van der Waals surface area (Å²) in [7, 11) is 0.655. The SMILES string of the molecule is [CH2-]COC(=O)c1cc(OCCCCC(F)(F)C(F)(F)C(F)(F)C(F)(F)C(F)(F)C(F)(F)C(F)(F)C(F)F)c(OC)c(OCCCCC(F)(F)C(F)(F)C(F)(F)C(F)(F)C(F)(F)C(F)(F)C(F)(F)C(F)F)c1.[CH2-]c1cccc2ccccc12.[O]=[Co]. The predicted octanol–water partition coefficient (Wildman–Crippen LogP) is 17.1. The Hall–Kier alpha value is -5.27. The molecule has 0 bridgehead atoms. The Bertz CT molecular complexity index is 2500. The van der Waals surface area contributed by atoms with Crippen molar-refractivity contribution in [1.29, 1.82) is 0 Å². The molecule has 0 fully saturated rings. The van der Waals surface area contributed by atoms with E-state index in [1.165, 1.54) is 10.8 Å². The Balaban J connectivity index is 0.00000237. The van der Waals surface area contributed by atoms with Crippen LogP contribution in [0.15, 0.2) is 54.6 Å². The maximum absolute atomic E-state index is 14.3. The molecule has 3 rings (SSSR count). The molecule has 0 aliphatic carbocycles. The van der Waals surface area contributed by atoms with E-state index in [1.54, 1.807) is 0 Å². The van der Waals surface area contributed by atoms with Crippen LogP contribution in [0.25, 0.3) is 10.8 Å². The third-order valence-electron chi connectivity index (χ3n) is 11.3. The van der Waals surface area contributed by atoms with Crippen molar-refractivity contribution in [1.82, 2.24) is 0 Å². The molecule has 0 N–H and O–H groups in total. The predicted molar refractivity (Wildman–Crippen MR) is 218 cm³/mol. The summed E-state index contributed by atoms with van der Waals surface area (Å²) >= 11 is 2.31. The summed E-state index contributed by atoms with van der Waals surface area (Å²) in [6.45, 7) is 3.87. The summed E-state index contributed by atoms with van der Waals surface area (Å²) in [5.74, 6) is -117. The van der Waals surface area contributed by atoms with Gasteiger partial charge in [-0.1, -0.05) is 29.7 Å². The molecule has 0 saturated heterocycles. The van der Waals surface area contributed by atoms with E-state index >= 15 is 0 Å². The number of carbonyl (C=O) groups excluding carboxylic acids is 1. The number of unbranched alkanes of at least 4 members (excludes halogenated alkanes) is 2. The molecule has 0 amide bonds. The molecule has 0 aliphatic rings. The van der Waals surface area contributed by atoms with E-state index < -0.39 is 183 Å². The Morgan fingerprint density at radius 1 is 0.476 bits per heavy atom. The Labute approximate surface area is 458 Å². The van der Waals surface area contributed by atoms with Crippen LogP contribution in [0.4, 0.5) is 140 Å². The van der Waals surface area contributed by atoms with Gasteiger partial charge < -0.3 is 25.9 Å². The van der Waals surface area contributed by atoms with Crippen LogP contribution in [0.5, 0.6) is 17.2 Å².